The zero-order valence-corrected chi connectivity index (χ0v) is 16.2. The van der Waals surface area contributed by atoms with Crippen LogP contribution in [0.1, 0.15) is 23.9 Å². The second kappa shape index (κ2) is 8.36. The number of anilines is 1. The van der Waals surface area contributed by atoms with Crippen LogP contribution in [0.4, 0.5) is 5.13 Å². The lowest BCUT2D eigenvalue weighted by molar-refractivity contribution is -0.915. The zero-order chi connectivity index (χ0) is 17.8. The molecule has 1 aromatic heterocycles. The Kier molecular flexibility index (Phi) is 6.17. The Morgan fingerprint density at radius 1 is 1.44 bits per heavy atom. The Morgan fingerprint density at radius 2 is 2.28 bits per heavy atom. The van der Waals surface area contributed by atoms with E-state index in [-0.39, 0.29) is 12.5 Å². The Hall–Kier alpha value is -1.34. The largest absolute Gasteiger partial charge is 0.482 e. The molecule has 1 unspecified atom stereocenters. The first-order valence-electron chi connectivity index (χ1n) is 8.25. The molecule has 0 bridgehead atoms. The van der Waals surface area contributed by atoms with Gasteiger partial charge < -0.3 is 9.64 Å². The van der Waals surface area contributed by atoms with Crippen LogP contribution < -0.4 is 15.0 Å². The zero-order valence-electron chi connectivity index (χ0n) is 13.9. The van der Waals surface area contributed by atoms with Gasteiger partial charge in [0.1, 0.15) is 12.3 Å². The van der Waals surface area contributed by atoms with Gasteiger partial charge in [-0.3, -0.25) is 10.1 Å². The lowest BCUT2D eigenvalue weighted by atomic mass is 10.2. The summed E-state index contributed by atoms with van der Waals surface area (Å²) in [7, 11) is 0. The minimum atomic E-state index is -0.255. The highest BCUT2D eigenvalue weighted by atomic mass is 35.5. The highest BCUT2D eigenvalue weighted by Gasteiger charge is 2.23. The van der Waals surface area contributed by atoms with E-state index in [9.17, 15) is 4.79 Å². The van der Waals surface area contributed by atoms with Crippen molar-refractivity contribution in [1.82, 2.24) is 4.98 Å². The van der Waals surface area contributed by atoms with Crippen LogP contribution in [0.25, 0.3) is 0 Å². The van der Waals surface area contributed by atoms with Gasteiger partial charge in [-0.2, -0.15) is 0 Å². The third-order valence-corrected chi connectivity index (χ3v) is 5.55. The molecule has 0 saturated carbocycles. The van der Waals surface area contributed by atoms with Crippen LogP contribution in [0.15, 0.2) is 18.2 Å². The molecule has 1 aromatic carbocycles. The van der Waals surface area contributed by atoms with Gasteiger partial charge in [0.2, 0.25) is 0 Å². The summed E-state index contributed by atoms with van der Waals surface area (Å²) >= 11 is 13.4. The minimum absolute atomic E-state index is 0.126. The van der Waals surface area contributed by atoms with Gasteiger partial charge in [-0.25, -0.2) is 4.98 Å². The molecule has 3 rings (SSSR count). The number of hydrogen-bond acceptors (Lipinski definition) is 4. The fraction of sp³-hybridized carbons (Fsp3) is 0.412. The van der Waals surface area contributed by atoms with E-state index in [1.807, 2.05) is 0 Å². The second-order valence-electron chi connectivity index (χ2n) is 5.98. The number of fused-ring (bicyclic) bond motifs is 1. The number of benzene rings is 1. The monoisotopic (exact) mass is 400 g/mol. The van der Waals surface area contributed by atoms with Crippen LogP contribution in [0, 0.1) is 0 Å². The van der Waals surface area contributed by atoms with E-state index < -0.39 is 0 Å². The van der Waals surface area contributed by atoms with Gasteiger partial charge in [0.15, 0.2) is 11.7 Å². The van der Waals surface area contributed by atoms with Crippen molar-refractivity contribution in [3.05, 3.63) is 38.8 Å². The van der Waals surface area contributed by atoms with Crippen LogP contribution in [0.5, 0.6) is 5.75 Å². The number of ether oxygens (including phenoxy) is 1. The van der Waals surface area contributed by atoms with Crippen molar-refractivity contribution < 1.29 is 14.4 Å². The molecular weight excluding hydrogens is 381 g/mol. The molecular formula is C17H20Cl2N3O2S+. The number of amides is 1. The second-order valence-corrected chi connectivity index (χ2v) is 7.90. The molecule has 2 heterocycles. The smallest absolute Gasteiger partial charge is 0.264 e. The van der Waals surface area contributed by atoms with Gasteiger partial charge >= 0.3 is 0 Å². The summed E-state index contributed by atoms with van der Waals surface area (Å²) in [6.45, 7) is 5.35. The van der Waals surface area contributed by atoms with Crippen molar-refractivity contribution in [2.24, 2.45) is 0 Å². The molecule has 8 heteroatoms. The first kappa shape index (κ1) is 18.5. The van der Waals surface area contributed by atoms with Crippen LogP contribution >= 0.6 is 34.5 Å². The van der Waals surface area contributed by atoms with Crippen molar-refractivity contribution in [3.63, 3.8) is 0 Å². The van der Waals surface area contributed by atoms with Gasteiger partial charge in [0.25, 0.3) is 5.91 Å². The van der Waals surface area contributed by atoms with Crippen molar-refractivity contribution in [3.8, 4) is 5.75 Å². The number of rotatable bonds is 6. The predicted molar refractivity (Wildman–Crippen MR) is 101 cm³/mol. The molecule has 1 aliphatic heterocycles. The average Bonchev–Trinajstić information content (AvgIpc) is 2.95. The molecule has 0 aliphatic carbocycles. The highest BCUT2D eigenvalue weighted by molar-refractivity contribution is 7.15. The molecule has 1 atom stereocenters. The molecule has 5 nitrogen and oxygen atoms in total. The Balaban J connectivity index is 1.55. The maximum Gasteiger partial charge on any atom is 0.264 e. The lowest BCUT2D eigenvalue weighted by Gasteiger charge is -2.22. The van der Waals surface area contributed by atoms with Crippen molar-refractivity contribution in [2.45, 2.75) is 26.3 Å². The minimum Gasteiger partial charge on any atom is -0.482 e. The maximum atomic E-state index is 12.1. The topological polar surface area (TPSA) is 55.7 Å². The number of nitrogens with zero attached hydrogens (tertiary/aromatic N) is 1. The van der Waals surface area contributed by atoms with E-state index in [1.54, 1.807) is 34.4 Å². The number of nitrogens with one attached hydrogen (secondary N) is 2. The Labute approximate surface area is 160 Å². The number of thiazole rings is 1. The van der Waals surface area contributed by atoms with Gasteiger partial charge in [-0.15, -0.1) is 0 Å². The molecule has 25 heavy (non-hydrogen) atoms. The lowest BCUT2D eigenvalue weighted by Crippen LogP contribution is -3.11. The van der Waals surface area contributed by atoms with E-state index in [0.717, 1.165) is 25.2 Å². The van der Waals surface area contributed by atoms with E-state index in [1.165, 1.54) is 17.8 Å². The van der Waals surface area contributed by atoms with E-state index >= 15 is 0 Å². The van der Waals surface area contributed by atoms with E-state index in [4.69, 9.17) is 27.9 Å². The number of carbonyl (C=O) groups excluding carboxylic acids is 1. The van der Waals surface area contributed by atoms with Gasteiger partial charge in [-0.1, -0.05) is 41.5 Å². The molecule has 2 N–H and O–H groups in total. The van der Waals surface area contributed by atoms with Crippen LogP contribution in [-0.2, 0) is 17.8 Å². The Bertz CT molecular complexity index is 766. The predicted octanol–water partition coefficient (Wildman–Crippen LogP) is 2.82. The average molecular weight is 401 g/mol. The number of quaternary nitrogens is 1. The number of aromatic nitrogens is 1. The summed E-state index contributed by atoms with van der Waals surface area (Å²) < 4.78 is 5.45. The van der Waals surface area contributed by atoms with Gasteiger partial charge in [-0.05, 0) is 24.6 Å². The summed E-state index contributed by atoms with van der Waals surface area (Å²) in [5.41, 5.74) is 1.11. The maximum absolute atomic E-state index is 12.1. The fourth-order valence-electron chi connectivity index (χ4n) is 2.84. The van der Waals surface area contributed by atoms with Crippen molar-refractivity contribution in [2.75, 3.05) is 25.0 Å². The SMILES string of the molecule is CCC[NH+]1CCc2nc(NC(=O)COc3ccc(Cl)cc3Cl)sc2C1. The highest BCUT2D eigenvalue weighted by Crippen LogP contribution is 2.28. The van der Waals surface area contributed by atoms with Crippen LogP contribution in [0.3, 0.4) is 0 Å². The molecule has 0 fully saturated rings. The number of carbonyl (C=O) groups is 1. The first-order valence-corrected chi connectivity index (χ1v) is 9.82. The molecule has 1 aliphatic rings. The van der Waals surface area contributed by atoms with E-state index in [2.05, 4.69) is 17.2 Å². The normalized spacial score (nSPS) is 16.4. The molecule has 1 amide bonds. The fourth-order valence-corrected chi connectivity index (χ4v) is 4.40. The molecule has 2 aromatic rings. The molecule has 134 valence electrons. The first-order chi connectivity index (χ1) is 12.0. The van der Waals surface area contributed by atoms with Crippen molar-refractivity contribution in [1.29, 1.82) is 0 Å². The van der Waals surface area contributed by atoms with Crippen LogP contribution in [-0.4, -0.2) is 30.6 Å². The third kappa shape index (κ3) is 4.85. The van der Waals surface area contributed by atoms with Gasteiger partial charge in [0.05, 0.1) is 28.7 Å². The van der Waals surface area contributed by atoms with Crippen LogP contribution in [0.2, 0.25) is 10.0 Å². The summed E-state index contributed by atoms with van der Waals surface area (Å²) in [5, 5.41) is 4.35. The number of hydrogen-bond donors (Lipinski definition) is 2. The number of halogens is 2. The summed E-state index contributed by atoms with van der Waals surface area (Å²) in [6, 6.07) is 4.89. The standard InChI is InChI=1S/C17H19Cl2N3O2S/c1-2-6-22-7-5-13-15(9-22)25-17(20-13)21-16(23)10-24-14-4-3-11(18)8-12(14)19/h3-4,8H,2,5-7,9-10H2,1H3,(H,20,21,23)/p+1. The summed E-state index contributed by atoms with van der Waals surface area (Å²) in [5.74, 6) is 0.174. The summed E-state index contributed by atoms with van der Waals surface area (Å²) in [6.07, 6.45) is 2.14. The Morgan fingerprint density at radius 3 is 3.04 bits per heavy atom. The summed E-state index contributed by atoms with van der Waals surface area (Å²) in [4.78, 5) is 19.5. The molecule has 0 spiro atoms. The third-order valence-electron chi connectivity index (χ3n) is 4.01. The van der Waals surface area contributed by atoms with Gasteiger partial charge in [0, 0.05) is 11.4 Å². The van der Waals surface area contributed by atoms with Crippen molar-refractivity contribution >= 4 is 45.6 Å². The molecule has 0 radical (unpaired) electrons. The molecule has 0 saturated heterocycles. The quantitative estimate of drug-likeness (QED) is 0.783. The van der Waals surface area contributed by atoms with E-state index in [0.29, 0.717) is 20.9 Å².